The van der Waals surface area contributed by atoms with Crippen LogP contribution in [0.1, 0.15) is 13.3 Å². The maximum Gasteiger partial charge on any atom is 0.313 e. The van der Waals surface area contributed by atoms with E-state index in [-0.39, 0.29) is 25.4 Å². The molecule has 0 saturated carbocycles. The second kappa shape index (κ2) is 7.63. The molecule has 0 N–H and O–H groups in total. The van der Waals surface area contributed by atoms with Crippen molar-refractivity contribution in [3.05, 3.63) is 23.2 Å². The number of Topliss-reactive ketones (excluding diaryl/α,β-unsaturated/α-hetero) is 1. The summed E-state index contributed by atoms with van der Waals surface area (Å²) in [5.74, 6) is -0.0411. The van der Waals surface area contributed by atoms with Crippen molar-refractivity contribution in [2.75, 3.05) is 20.3 Å². The summed E-state index contributed by atoms with van der Waals surface area (Å²) < 4.78 is 14.9. The number of hydrogen-bond acceptors (Lipinski definition) is 5. The highest BCUT2D eigenvalue weighted by Crippen LogP contribution is 2.28. The van der Waals surface area contributed by atoms with E-state index in [4.69, 9.17) is 21.1 Å². The third kappa shape index (κ3) is 5.18. The molecule has 1 aromatic carbocycles. The number of rotatable bonds is 7. The lowest BCUT2D eigenvalue weighted by molar-refractivity contribution is -0.145. The molecule has 0 fully saturated rings. The van der Waals surface area contributed by atoms with Gasteiger partial charge in [-0.3, -0.25) is 9.59 Å². The van der Waals surface area contributed by atoms with Crippen molar-refractivity contribution in [2.45, 2.75) is 13.3 Å². The fourth-order valence-corrected chi connectivity index (χ4v) is 1.48. The van der Waals surface area contributed by atoms with Gasteiger partial charge >= 0.3 is 5.97 Å². The molecular formula is C13H15ClO5. The summed E-state index contributed by atoms with van der Waals surface area (Å²) in [5, 5.41) is 0.365. The summed E-state index contributed by atoms with van der Waals surface area (Å²) in [7, 11) is 1.51. The number of methoxy groups -OCH3 is 1. The van der Waals surface area contributed by atoms with Crippen LogP contribution < -0.4 is 9.47 Å². The monoisotopic (exact) mass is 286 g/mol. The van der Waals surface area contributed by atoms with Crippen LogP contribution in [0, 0.1) is 0 Å². The Morgan fingerprint density at radius 3 is 2.68 bits per heavy atom. The fourth-order valence-electron chi connectivity index (χ4n) is 1.30. The molecule has 1 aromatic rings. The van der Waals surface area contributed by atoms with Gasteiger partial charge in [0, 0.05) is 6.07 Å². The first-order valence-electron chi connectivity index (χ1n) is 5.70. The van der Waals surface area contributed by atoms with Crippen LogP contribution in [0.25, 0.3) is 0 Å². The quantitative estimate of drug-likeness (QED) is 0.568. The first-order valence-corrected chi connectivity index (χ1v) is 6.08. The van der Waals surface area contributed by atoms with Crippen molar-refractivity contribution in [3.8, 4) is 11.5 Å². The van der Waals surface area contributed by atoms with Gasteiger partial charge in [-0.1, -0.05) is 11.6 Å². The van der Waals surface area contributed by atoms with Gasteiger partial charge in [-0.05, 0) is 19.1 Å². The maximum atomic E-state index is 11.5. The van der Waals surface area contributed by atoms with Gasteiger partial charge < -0.3 is 14.2 Å². The summed E-state index contributed by atoms with van der Waals surface area (Å²) in [6.45, 7) is 1.68. The fraction of sp³-hybridized carbons (Fsp3) is 0.385. The van der Waals surface area contributed by atoms with Crippen LogP contribution >= 0.6 is 11.6 Å². The van der Waals surface area contributed by atoms with Gasteiger partial charge in [0.1, 0.15) is 24.5 Å². The highest BCUT2D eigenvalue weighted by atomic mass is 35.5. The lowest BCUT2D eigenvalue weighted by atomic mass is 10.3. The van der Waals surface area contributed by atoms with Gasteiger partial charge in [-0.2, -0.15) is 0 Å². The summed E-state index contributed by atoms with van der Waals surface area (Å²) in [6.07, 6.45) is -0.310. The minimum Gasteiger partial charge on any atom is -0.497 e. The summed E-state index contributed by atoms with van der Waals surface area (Å²) >= 11 is 5.91. The molecule has 0 aromatic heterocycles. The summed E-state index contributed by atoms with van der Waals surface area (Å²) in [5.41, 5.74) is 0. The predicted octanol–water partition coefficient (Wildman–Crippen LogP) is 2.25. The molecule has 104 valence electrons. The van der Waals surface area contributed by atoms with Crippen LogP contribution in [0.3, 0.4) is 0 Å². The highest BCUT2D eigenvalue weighted by Gasteiger charge is 2.12. The Morgan fingerprint density at radius 1 is 1.32 bits per heavy atom. The number of halogens is 1. The maximum absolute atomic E-state index is 11.5. The molecule has 0 saturated heterocycles. The van der Waals surface area contributed by atoms with E-state index < -0.39 is 5.97 Å². The zero-order chi connectivity index (χ0) is 14.3. The van der Waals surface area contributed by atoms with Crippen LogP contribution in [0.15, 0.2) is 18.2 Å². The molecule has 0 aliphatic carbocycles. The van der Waals surface area contributed by atoms with Gasteiger partial charge in [0.15, 0.2) is 5.78 Å². The lowest BCUT2D eigenvalue weighted by Gasteiger charge is -2.09. The van der Waals surface area contributed by atoms with Crippen molar-refractivity contribution in [1.82, 2.24) is 0 Å². The van der Waals surface area contributed by atoms with Crippen molar-refractivity contribution < 1.29 is 23.8 Å². The average molecular weight is 287 g/mol. The largest absolute Gasteiger partial charge is 0.497 e. The Kier molecular flexibility index (Phi) is 6.15. The Labute approximate surface area is 116 Å². The Morgan fingerprint density at radius 2 is 2.05 bits per heavy atom. The molecule has 0 spiro atoms. The van der Waals surface area contributed by atoms with E-state index in [0.29, 0.717) is 16.5 Å². The zero-order valence-corrected chi connectivity index (χ0v) is 11.5. The molecule has 5 nitrogen and oxygen atoms in total. The zero-order valence-electron chi connectivity index (χ0n) is 10.8. The second-order valence-corrected chi connectivity index (χ2v) is 4.01. The van der Waals surface area contributed by atoms with E-state index in [2.05, 4.69) is 4.74 Å². The minimum atomic E-state index is -0.562. The Bertz CT molecular complexity index is 458. The molecule has 0 atom stereocenters. The lowest BCUT2D eigenvalue weighted by Crippen LogP contribution is -2.17. The van der Waals surface area contributed by atoms with Crippen molar-refractivity contribution in [3.63, 3.8) is 0 Å². The molecule has 0 unspecified atom stereocenters. The highest BCUT2D eigenvalue weighted by molar-refractivity contribution is 6.32. The number of carbonyl (C=O) groups is 2. The number of carbonyl (C=O) groups excluding carboxylic acids is 2. The van der Waals surface area contributed by atoms with Crippen molar-refractivity contribution in [1.29, 1.82) is 0 Å². The van der Waals surface area contributed by atoms with Gasteiger partial charge in [0.05, 0.1) is 18.7 Å². The van der Waals surface area contributed by atoms with E-state index in [1.807, 2.05) is 0 Å². The molecule has 0 heterocycles. The van der Waals surface area contributed by atoms with Gasteiger partial charge in [0.2, 0.25) is 0 Å². The first kappa shape index (κ1) is 15.3. The smallest absolute Gasteiger partial charge is 0.313 e. The molecule has 19 heavy (non-hydrogen) atoms. The number of benzene rings is 1. The van der Waals surface area contributed by atoms with Crippen LogP contribution in [0.5, 0.6) is 11.5 Å². The van der Waals surface area contributed by atoms with E-state index in [0.717, 1.165) is 0 Å². The van der Waals surface area contributed by atoms with Crippen LogP contribution in [-0.4, -0.2) is 32.1 Å². The van der Waals surface area contributed by atoms with Crippen LogP contribution in [-0.2, 0) is 14.3 Å². The average Bonchev–Trinajstić information content (AvgIpc) is 2.38. The third-order valence-corrected chi connectivity index (χ3v) is 2.49. The Hall–Kier alpha value is -1.75. The minimum absolute atomic E-state index is 0.244. The topological polar surface area (TPSA) is 61.8 Å². The van der Waals surface area contributed by atoms with E-state index in [1.165, 1.54) is 7.11 Å². The molecular weight excluding hydrogens is 272 g/mol. The SMILES string of the molecule is CCOC(=O)CC(=O)COc1cc(OC)ccc1Cl. The summed E-state index contributed by atoms with van der Waals surface area (Å²) in [4.78, 5) is 22.6. The predicted molar refractivity (Wildman–Crippen MR) is 69.8 cm³/mol. The van der Waals surface area contributed by atoms with Crippen LogP contribution in [0.2, 0.25) is 5.02 Å². The number of ether oxygens (including phenoxy) is 3. The van der Waals surface area contributed by atoms with Gasteiger partial charge in [-0.25, -0.2) is 0 Å². The van der Waals surface area contributed by atoms with Gasteiger partial charge in [-0.15, -0.1) is 0 Å². The first-order chi connectivity index (χ1) is 9.06. The second-order valence-electron chi connectivity index (χ2n) is 3.61. The number of ketones is 1. The number of esters is 1. The molecule has 0 amide bonds. The molecule has 6 heteroatoms. The summed E-state index contributed by atoms with van der Waals surface area (Å²) in [6, 6.07) is 4.85. The normalized spacial score (nSPS) is 9.84. The molecule has 0 aliphatic rings. The standard InChI is InChI=1S/C13H15ClO5/c1-3-18-13(16)6-9(15)8-19-12-7-10(17-2)4-5-11(12)14/h4-5,7H,3,6,8H2,1-2H3. The van der Waals surface area contributed by atoms with Crippen molar-refractivity contribution >= 4 is 23.4 Å². The molecule has 0 bridgehead atoms. The molecule has 0 radical (unpaired) electrons. The molecule has 0 aliphatic heterocycles. The Balaban J connectivity index is 2.52. The third-order valence-electron chi connectivity index (χ3n) is 2.17. The number of hydrogen-bond donors (Lipinski definition) is 0. The van der Waals surface area contributed by atoms with Gasteiger partial charge in [0.25, 0.3) is 0 Å². The van der Waals surface area contributed by atoms with Crippen LogP contribution in [0.4, 0.5) is 0 Å². The van der Waals surface area contributed by atoms with Crippen molar-refractivity contribution in [2.24, 2.45) is 0 Å². The van der Waals surface area contributed by atoms with E-state index in [1.54, 1.807) is 25.1 Å². The van der Waals surface area contributed by atoms with E-state index >= 15 is 0 Å². The molecule has 1 rings (SSSR count). The van der Waals surface area contributed by atoms with E-state index in [9.17, 15) is 9.59 Å².